The van der Waals surface area contributed by atoms with Gasteiger partial charge in [-0.2, -0.15) is 0 Å². The van der Waals surface area contributed by atoms with Crippen LogP contribution in [-0.2, 0) is 9.53 Å². The van der Waals surface area contributed by atoms with Crippen LogP contribution in [0.4, 0.5) is 11.4 Å². The summed E-state index contributed by atoms with van der Waals surface area (Å²) in [6.45, 7) is 1.50. The van der Waals surface area contributed by atoms with E-state index >= 15 is 0 Å². The summed E-state index contributed by atoms with van der Waals surface area (Å²) < 4.78 is 10.2. The summed E-state index contributed by atoms with van der Waals surface area (Å²) in [5.74, 6) is -0.806. The number of hydrogen-bond acceptors (Lipinski definition) is 5. The Morgan fingerprint density at radius 3 is 2.13 bits per heavy atom. The maximum absolute atomic E-state index is 12.4. The van der Waals surface area contributed by atoms with Gasteiger partial charge >= 0.3 is 5.97 Å². The standard InChI is InChI=1S/C24H22N2O5/c1-16-7-9-18(10-8-16)24(29)31-15-22(27)25-19-13-11-17(12-14-19)23(28)26-20-5-3-4-6-21(20)30-2/h3-14H,15H2,1-2H3,(H,25,27)(H,26,28). The van der Waals surface area contributed by atoms with Gasteiger partial charge in [-0.15, -0.1) is 0 Å². The first-order valence-corrected chi connectivity index (χ1v) is 9.54. The van der Waals surface area contributed by atoms with Gasteiger partial charge in [0.2, 0.25) is 0 Å². The number of hydrogen-bond donors (Lipinski definition) is 2. The molecule has 158 valence electrons. The van der Waals surface area contributed by atoms with E-state index in [1.807, 2.05) is 13.0 Å². The van der Waals surface area contributed by atoms with Crippen LogP contribution in [0, 0.1) is 6.92 Å². The van der Waals surface area contributed by atoms with Crippen molar-refractivity contribution in [1.82, 2.24) is 0 Å². The molecular weight excluding hydrogens is 396 g/mol. The third kappa shape index (κ3) is 5.93. The van der Waals surface area contributed by atoms with Crippen molar-refractivity contribution in [3.8, 4) is 5.75 Å². The minimum atomic E-state index is -0.571. The molecule has 0 saturated carbocycles. The van der Waals surface area contributed by atoms with Crippen molar-refractivity contribution < 1.29 is 23.9 Å². The molecule has 0 unspecified atom stereocenters. The van der Waals surface area contributed by atoms with E-state index in [2.05, 4.69) is 10.6 Å². The maximum atomic E-state index is 12.4. The molecule has 0 heterocycles. The van der Waals surface area contributed by atoms with Crippen molar-refractivity contribution in [2.75, 3.05) is 24.4 Å². The van der Waals surface area contributed by atoms with Crippen molar-refractivity contribution in [1.29, 1.82) is 0 Å². The van der Waals surface area contributed by atoms with Gasteiger partial charge in [0.25, 0.3) is 11.8 Å². The Kier molecular flexibility index (Phi) is 7.01. The van der Waals surface area contributed by atoms with Crippen LogP contribution >= 0.6 is 0 Å². The summed E-state index contributed by atoms with van der Waals surface area (Å²) in [5, 5.41) is 5.41. The van der Waals surface area contributed by atoms with E-state index in [-0.39, 0.29) is 5.91 Å². The predicted octanol–water partition coefficient (Wildman–Crippen LogP) is 4.05. The van der Waals surface area contributed by atoms with E-state index in [1.165, 1.54) is 7.11 Å². The van der Waals surface area contributed by atoms with Gasteiger partial charge in [-0.05, 0) is 55.5 Å². The zero-order chi connectivity index (χ0) is 22.2. The smallest absolute Gasteiger partial charge is 0.338 e. The number of carbonyl (C=O) groups is 3. The number of nitrogens with one attached hydrogen (secondary N) is 2. The van der Waals surface area contributed by atoms with Gasteiger partial charge < -0.3 is 20.1 Å². The SMILES string of the molecule is COc1ccccc1NC(=O)c1ccc(NC(=O)COC(=O)c2ccc(C)cc2)cc1. The van der Waals surface area contributed by atoms with E-state index in [0.29, 0.717) is 28.3 Å². The van der Waals surface area contributed by atoms with Gasteiger partial charge in [-0.25, -0.2) is 4.79 Å². The summed E-state index contributed by atoms with van der Waals surface area (Å²) in [5.41, 5.74) is 2.85. The van der Waals surface area contributed by atoms with Crippen LogP contribution < -0.4 is 15.4 Å². The number of esters is 1. The van der Waals surface area contributed by atoms with Gasteiger partial charge in [-0.1, -0.05) is 29.8 Å². The van der Waals surface area contributed by atoms with Crippen LogP contribution in [0.2, 0.25) is 0 Å². The lowest BCUT2D eigenvalue weighted by atomic mass is 10.1. The summed E-state index contributed by atoms with van der Waals surface area (Å²) in [6, 6.07) is 20.3. The summed E-state index contributed by atoms with van der Waals surface area (Å²) in [4.78, 5) is 36.5. The van der Waals surface area contributed by atoms with E-state index in [4.69, 9.17) is 9.47 Å². The Morgan fingerprint density at radius 2 is 1.45 bits per heavy atom. The lowest BCUT2D eigenvalue weighted by Crippen LogP contribution is -2.21. The van der Waals surface area contributed by atoms with Crippen LogP contribution in [0.3, 0.4) is 0 Å². The number of rotatable bonds is 7. The zero-order valence-corrected chi connectivity index (χ0v) is 17.2. The van der Waals surface area contributed by atoms with Crippen molar-refractivity contribution in [2.24, 2.45) is 0 Å². The Morgan fingerprint density at radius 1 is 0.806 bits per heavy atom. The fraction of sp³-hybridized carbons (Fsp3) is 0.125. The molecule has 2 N–H and O–H groups in total. The summed E-state index contributed by atoms with van der Waals surface area (Å²) >= 11 is 0. The van der Waals surface area contributed by atoms with Crippen molar-refractivity contribution >= 4 is 29.2 Å². The predicted molar refractivity (Wildman–Crippen MR) is 117 cm³/mol. The van der Waals surface area contributed by atoms with Gasteiger partial charge in [0, 0.05) is 11.3 Å². The number of benzene rings is 3. The highest BCUT2D eigenvalue weighted by Gasteiger charge is 2.12. The number of aryl methyl sites for hydroxylation is 1. The Hall–Kier alpha value is -4.13. The fourth-order valence-corrected chi connectivity index (χ4v) is 2.75. The second kappa shape index (κ2) is 10.1. The van der Waals surface area contributed by atoms with Crippen LogP contribution in [0.25, 0.3) is 0 Å². The number of ether oxygens (including phenoxy) is 2. The Bertz CT molecular complexity index is 1080. The van der Waals surface area contributed by atoms with Crippen LogP contribution in [-0.4, -0.2) is 31.5 Å². The number of carbonyl (C=O) groups excluding carboxylic acids is 3. The Balaban J connectivity index is 1.52. The summed E-state index contributed by atoms with van der Waals surface area (Å²) in [7, 11) is 1.53. The monoisotopic (exact) mass is 418 g/mol. The van der Waals surface area contributed by atoms with E-state index in [9.17, 15) is 14.4 Å². The quantitative estimate of drug-likeness (QED) is 0.565. The van der Waals surface area contributed by atoms with Gasteiger partial charge in [0.05, 0.1) is 18.4 Å². The van der Waals surface area contributed by atoms with Crippen LogP contribution in [0.1, 0.15) is 26.3 Å². The zero-order valence-electron chi connectivity index (χ0n) is 17.2. The van der Waals surface area contributed by atoms with Gasteiger partial charge in [0.1, 0.15) is 5.75 Å². The molecule has 0 saturated heterocycles. The molecule has 0 aliphatic heterocycles. The maximum Gasteiger partial charge on any atom is 0.338 e. The molecule has 0 aromatic heterocycles. The molecule has 3 aromatic carbocycles. The molecule has 0 spiro atoms. The molecule has 0 aliphatic rings. The van der Waals surface area contributed by atoms with Gasteiger partial charge in [0.15, 0.2) is 6.61 Å². The second-order valence-electron chi connectivity index (χ2n) is 6.72. The highest BCUT2D eigenvalue weighted by atomic mass is 16.5. The molecule has 0 atom stereocenters. The minimum Gasteiger partial charge on any atom is -0.495 e. The van der Waals surface area contributed by atoms with Crippen molar-refractivity contribution in [3.05, 3.63) is 89.5 Å². The molecule has 0 bridgehead atoms. The molecule has 0 radical (unpaired) electrons. The molecule has 0 fully saturated rings. The molecule has 3 aromatic rings. The van der Waals surface area contributed by atoms with Crippen molar-refractivity contribution in [2.45, 2.75) is 6.92 Å². The lowest BCUT2D eigenvalue weighted by Gasteiger charge is -2.10. The molecule has 31 heavy (non-hydrogen) atoms. The first-order valence-electron chi connectivity index (χ1n) is 9.54. The van der Waals surface area contributed by atoms with E-state index in [1.54, 1.807) is 66.7 Å². The Labute approximate surface area is 180 Å². The average molecular weight is 418 g/mol. The highest BCUT2D eigenvalue weighted by Crippen LogP contribution is 2.23. The van der Waals surface area contributed by atoms with Crippen molar-refractivity contribution in [3.63, 3.8) is 0 Å². The third-order valence-electron chi connectivity index (χ3n) is 4.41. The third-order valence-corrected chi connectivity index (χ3v) is 4.41. The lowest BCUT2D eigenvalue weighted by molar-refractivity contribution is -0.119. The van der Waals surface area contributed by atoms with Crippen LogP contribution in [0.5, 0.6) is 5.75 Å². The number of amides is 2. The number of para-hydroxylation sites is 2. The molecule has 0 aliphatic carbocycles. The molecule has 7 heteroatoms. The molecular formula is C24H22N2O5. The summed E-state index contributed by atoms with van der Waals surface area (Å²) in [6.07, 6.45) is 0. The highest BCUT2D eigenvalue weighted by molar-refractivity contribution is 6.05. The average Bonchev–Trinajstić information content (AvgIpc) is 2.78. The molecule has 7 nitrogen and oxygen atoms in total. The van der Waals surface area contributed by atoms with Crippen LogP contribution in [0.15, 0.2) is 72.8 Å². The second-order valence-corrected chi connectivity index (χ2v) is 6.72. The fourth-order valence-electron chi connectivity index (χ4n) is 2.75. The first-order chi connectivity index (χ1) is 15.0. The largest absolute Gasteiger partial charge is 0.495 e. The number of anilines is 2. The normalized spacial score (nSPS) is 10.1. The van der Waals surface area contributed by atoms with E-state index in [0.717, 1.165) is 5.56 Å². The molecule has 2 amide bonds. The van der Waals surface area contributed by atoms with E-state index < -0.39 is 18.5 Å². The minimum absolute atomic E-state index is 0.311. The topological polar surface area (TPSA) is 93.7 Å². The first kappa shape index (κ1) is 21.6. The number of methoxy groups -OCH3 is 1. The van der Waals surface area contributed by atoms with Gasteiger partial charge in [-0.3, -0.25) is 9.59 Å². The molecule has 3 rings (SSSR count).